The van der Waals surface area contributed by atoms with Crippen LogP contribution in [0.15, 0.2) is 23.3 Å². The molecule has 0 aromatic carbocycles. The molecule has 0 atom stereocenters. The van der Waals surface area contributed by atoms with Crippen molar-refractivity contribution in [3.05, 3.63) is 23.9 Å². The van der Waals surface area contributed by atoms with E-state index in [4.69, 9.17) is 0 Å². The molecule has 0 radical (unpaired) electrons. The Morgan fingerprint density at radius 2 is 1.66 bits per heavy atom. The smallest absolute Gasteiger partial charge is 0.191 e. The molecule has 0 aliphatic carbocycles. The van der Waals surface area contributed by atoms with Gasteiger partial charge in [-0.3, -0.25) is 9.89 Å². The van der Waals surface area contributed by atoms with E-state index in [2.05, 4.69) is 56.4 Å². The highest BCUT2D eigenvalue weighted by molar-refractivity contribution is 5.79. The molecular formula is C23H40N6. The van der Waals surface area contributed by atoms with Gasteiger partial charge in [0.2, 0.25) is 0 Å². The minimum Gasteiger partial charge on any atom is -0.357 e. The molecule has 1 aromatic rings. The third-order valence-corrected chi connectivity index (χ3v) is 6.32. The molecule has 2 N–H and O–H groups in total. The number of piperidine rings is 1. The maximum absolute atomic E-state index is 4.62. The van der Waals surface area contributed by atoms with Crippen molar-refractivity contribution in [2.75, 3.05) is 44.7 Å². The Bertz CT molecular complexity index is 643. The molecule has 6 heteroatoms. The fourth-order valence-corrected chi connectivity index (χ4v) is 4.36. The number of nitrogens with zero attached hydrogens (tertiary/aromatic N) is 4. The van der Waals surface area contributed by atoms with Crippen LogP contribution in [0, 0.1) is 0 Å². The van der Waals surface area contributed by atoms with Crippen molar-refractivity contribution in [3.8, 4) is 0 Å². The lowest BCUT2D eigenvalue weighted by molar-refractivity contribution is 0.0982. The topological polar surface area (TPSA) is 55.8 Å². The quantitative estimate of drug-likeness (QED) is 0.566. The number of guanidine groups is 1. The van der Waals surface area contributed by atoms with E-state index >= 15 is 0 Å². The highest BCUT2D eigenvalue weighted by atomic mass is 15.2. The van der Waals surface area contributed by atoms with Crippen LogP contribution < -0.4 is 15.5 Å². The molecule has 3 heterocycles. The molecular weight excluding hydrogens is 360 g/mol. The van der Waals surface area contributed by atoms with Gasteiger partial charge in [-0.05, 0) is 70.3 Å². The molecule has 3 rings (SSSR count). The van der Waals surface area contributed by atoms with Gasteiger partial charge in [-0.2, -0.15) is 0 Å². The first-order valence-corrected chi connectivity index (χ1v) is 11.5. The Hall–Kier alpha value is -1.82. The lowest BCUT2D eigenvalue weighted by Crippen LogP contribution is -2.54. The maximum atomic E-state index is 4.62. The molecule has 162 valence electrons. The Balaban J connectivity index is 1.50. The Kier molecular flexibility index (Phi) is 8.16. The molecule has 2 fully saturated rings. The van der Waals surface area contributed by atoms with Gasteiger partial charge in [-0.25, -0.2) is 4.98 Å². The van der Waals surface area contributed by atoms with Crippen molar-refractivity contribution in [1.29, 1.82) is 0 Å². The summed E-state index contributed by atoms with van der Waals surface area (Å²) in [4.78, 5) is 14.1. The van der Waals surface area contributed by atoms with Gasteiger partial charge >= 0.3 is 0 Å². The molecule has 2 aliphatic rings. The van der Waals surface area contributed by atoms with Gasteiger partial charge in [0.15, 0.2) is 5.96 Å². The minimum absolute atomic E-state index is 0.134. The molecule has 0 bridgehead atoms. The summed E-state index contributed by atoms with van der Waals surface area (Å²) in [6.07, 6.45) is 11.2. The predicted octanol–water partition coefficient (Wildman–Crippen LogP) is 3.39. The number of nitrogens with one attached hydrogen (secondary N) is 2. The standard InChI is InChI=1S/C23H40N6/c1-23(2,29-15-9-6-10-16-29)19-27-22(24-3)26-18-20-11-12-25-21(17-20)28-13-7-4-5-8-14-28/h11-12,17H,4-10,13-16,18-19H2,1-3H3,(H2,24,26,27). The molecule has 1 aromatic heterocycles. The molecule has 2 aliphatic heterocycles. The largest absolute Gasteiger partial charge is 0.357 e. The molecule has 0 saturated carbocycles. The van der Waals surface area contributed by atoms with Crippen LogP contribution in [-0.2, 0) is 6.54 Å². The summed E-state index contributed by atoms with van der Waals surface area (Å²) in [6.45, 7) is 11.0. The SMILES string of the molecule is CN=C(NCc1ccnc(N2CCCCCC2)c1)NCC(C)(C)N1CCCCC1. The summed E-state index contributed by atoms with van der Waals surface area (Å²) in [5.74, 6) is 1.98. The Morgan fingerprint density at radius 1 is 1.00 bits per heavy atom. The number of rotatable bonds is 6. The average molecular weight is 401 g/mol. The maximum Gasteiger partial charge on any atom is 0.191 e. The second-order valence-corrected chi connectivity index (χ2v) is 9.06. The highest BCUT2D eigenvalue weighted by Gasteiger charge is 2.27. The number of anilines is 1. The summed E-state index contributed by atoms with van der Waals surface area (Å²) >= 11 is 0. The number of aromatic nitrogens is 1. The first kappa shape index (κ1) is 21.9. The zero-order chi connectivity index (χ0) is 20.5. The van der Waals surface area contributed by atoms with Crippen molar-refractivity contribution in [1.82, 2.24) is 20.5 Å². The van der Waals surface area contributed by atoms with Crippen LogP contribution in [0.4, 0.5) is 5.82 Å². The van der Waals surface area contributed by atoms with Crippen LogP contribution in [0.1, 0.15) is 64.4 Å². The Labute approximate surface area is 177 Å². The van der Waals surface area contributed by atoms with Crippen molar-refractivity contribution in [2.45, 2.75) is 70.9 Å². The van der Waals surface area contributed by atoms with Crippen molar-refractivity contribution in [3.63, 3.8) is 0 Å². The third-order valence-electron chi connectivity index (χ3n) is 6.32. The van der Waals surface area contributed by atoms with Gasteiger partial charge in [-0.1, -0.05) is 19.3 Å². The molecule has 0 unspecified atom stereocenters. The fraction of sp³-hybridized carbons (Fsp3) is 0.739. The van der Waals surface area contributed by atoms with Crippen LogP contribution in [-0.4, -0.2) is 61.2 Å². The van der Waals surface area contributed by atoms with Gasteiger partial charge in [0.05, 0.1) is 0 Å². The second-order valence-electron chi connectivity index (χ2n) is 9.06. The van der Waals surface area contributed by atoms with Crippen LogP contribution >= 0.6 is 0 Å². The second kappa shape index (κ2) is 10.8. The van der Waals surface area contributed by atoms with E-state index in [1.807, 2.05) is 13.2 Å². The highest BCUT2D eigenvalue weighted by Crippen LogP contribution is 2.20. The van der Waals surface area contributed by atoms with Crippen molar-refractivity contribution in [2.24, 2.45) is 4.99 Å². The van der Waals surface area contributed by atoms with E-state index in [0.717, 1.165) is 38.0 Å². The summed E-state index contributed by atoms with van der Waals surface area (Å²) < 4.78 is 0. The summed E-state index contributed by atoms with van der Waals surface area (Å²) in [5.41, 5.74) is 1.38. The minimum atomic E-state index is 0.134. The van der Waals surface area contributed by atoms with Gasteiger partial charge in [0.25, 0.3) is 0 Å². The van der Waals surface area contributed by atoms with E-state index < -0.39 is 0 Å². The van der Waals surface area contributed by atoms with Crippen LogP contribution in [0.3, 0.4) is 0 Å². The predicted molar refractivity (Wildman–Crippen MR) is 123 cm³/mol. The van der Waals surface area contributed by atoms with E-state index in [1.54, 1.807) is 0 Å². The number of hydrogen-bond donors (Lipinski definition) is 2. The summed E-state index contributed by atoms with van der Waals surface area (Å²) in [6, 6.07) is 4.32. The molecule has 0 amide bonds. The zero-order valence-corrected chi connectivity index (χ0v) is 18.7. The van der Waals surface area contributed by atoms with Gasteiger partial charge < -0.3 is 15.5 Å². The van der Waals surface area contributed by atoms with Crippen LogP contribution in [0.5, 0.6) is 0 Å². The van der Waals surface area contributed by atoms with Crippen LogP contribution in [0.2, 0.25) is 0 Å². The van der Waals surface area contributed by atoms with Gasteiger partial charge in [0.1, 0.15) is 5.82 Å². The van der Waals surface area contributed by atoms with E-state index in [-0.39, 0.29) is 5.54 Å². The fourth-order valence-electron chi connectivity index (χ4n) is 4.36. The summed E-state index contributed by atoms with van der Waals surface area (Å²) in [5, 5.41) is 7.01. The van der Waals surface area contributed by atoms with Crippen molar-refractivity contribution < 1.29 is 0 Å². The lowest BCUT2D eigenvalue weighted by atomic mass is 9.98. The van der Waals surface area contributed by atoms with Crippen LogP contribution in [0.25, 0.3) is 0 Å². The number of likely N-dealkylation sites (tertiary alicyclic amines) is 1. The molecule has 6 nitrogen and oxygen atoms in total. The lowest BCUT2D eigenvalue weighted by Gasteiger charge is -2.41. The normalized spacial score (nSPS) is 19.7. The number of pyridine rings is 1. The van der Waals surface area contributed by atoms with E-state index in [1.165, 1.54) is 63.6 Å². The zero-order valence-electron chi connectivity index (χ0n) is 18.7. The van der Waals surface area contributed by atoms with E-state index in [0.29, 0.717) is 0 Å². The number of aliphatic imine (C=N–C) groups is 1. The summed E-state index contributed by atoms with van der Waals surface area (Å²) in [7, 11) is 1.85. The first-order valence-electron chi connectivity index (χ1n) is 11.5. The molecule has 2 saturated heterocycles. The Morgan fingerprint density at radius 3 is 2.34 bits per heavy atom. The van der Waals surface area contributed by atoms with E-state index in [9.17, 15) is 0 Å². The average Bonchev–Trinajstić information content (AvgIpc) is 3.04. The monoisotopic (exact) mass is 400 g/mol. The van der Waals surface area contributed by atoms with Crippen molar-refractivity contribution >= 4 is 11.8 Å². The van der Waals surface area contributed by atoms with Gasteiger partial charge in [-0.15, -0.1) is 0 Å². The number of hydrogen-bond acceptors (Lipinski definition) is 4. The first-order chi connectivity index (χ1) is 14.1. The molecule has 29 heavy (non-hydrogen) atoms. The molecule has 0 spiro atoms. The van der Waals surface area contributed by atoms with Gasteiger partial charge in [0, 0.05) is 45.0 Å². The third kappa shape index (κ3) is 6.59.